The molecule has 0 aromatic heterocycles. The number of aliphatic hydroxyl groups is 1. The predicted molar refractivity (Wildman–Crippen MR) is 150 cm³/mol. The van der Waals surface area contributed by atoms with Gasteiger partial charge >= 0.3 is 5.97 Å². The zero-order valence-corrected chi connectivity index (χ0v) is 22.7. The van der Waals surface area contributed by atoms with Crippen molar-refractivity contribution < 1.29 is 29.0 Å². The van der Waals surface area contributed by atoms with Gasteiger partial charge in [-0.15, -0.1) is 13.2 Å². The van der Waals surface area contributed by atoms with Crippen LogP contribution in [0.5, 0.6) is 0 Å². The number of hydrogen-bond acceptors (Lipinski definition) is 6. The molecule has 2 amide bonds. The molecular weight excluding hydrogens is 496 g/mol. The van der Waals surface area contributed by atoms with Gasteiger partial charge in [0.05, 0.1) is 25.2 Å². The lowest BCUT2D eigenvalue weighted by molar-refractivity contribution is -0.153. The SMILES string of the molecule is C=CCCC(=O)O[C@@H](c1ccccc1)[C@H](COC)NC(=O)[C@H](CC=C)CC(=O)N(CCO)Cc1ccccc1. The van der Waals surface area contributed by atoms with Crippen molar-refractivity contribution in [2.75, 3.05) is 26.9 Å². The fourth-order valence-electron chi connectivity index (χ4n) is 4.17. The van der Waals surface area contributed by atoms with Crippen molar-refractivity contribution in [1.82, 2.24) is 10.2 Å². The highest BCUT2D eigenvalue weighted by molar-refractivity contribution is 5.86. The predicted octanol–water partition coefficient (Wildman–Crippen LogP) is 3.97. The molecule has 2 rings (SSSR count). The molecule has 0 aliphatic carbocycles. The summed E-state index contributed by atoms with van der Waals surface area (Å²) in [4.78, 5) is 40.8. The van der Waals surface area contributed by atoms with E-state index in [4.69, 9.17) is 9.47 Å². The molecule has 210 valence electrons. The molecular formula is C31H40N2O6. The Labute approximate surface area is 231 Å². The first-order valence-electron chi connectivity index (χ1n) is 13.1. The maximum absolute atomic E-state index is 13.5. The van der Waals surface area contributed by atoms with E-state index >= 15 is 0 Å². The second kappa shape index (κ2) is 17.7. The second-order valence-corrected chi connectivity index (χ2v) is 9.17. The van der Waals surface area contributed by atoms with Gasteiger partial charge in [-0.3, -0.25) is 14.4 Å². The van der Waals surface area contributed by atoms with E-state index in [9.17, 15) is 19.5 Å². The normalized spacial score (nSPS) is 13.0. The summed E-state index contributed by atoms with van der Waals surface area (Å²) in [5, 5.41) is 12.5. The summed E-state index contributed by atoms with van der Waals surface area (Å²) in [6.07, 6.45) is 3.28. The van der Waals surface area contributed by atoms with Crippen LogP contribution in [0.1, 0.15) is 42.9 Å². The Kier molecular flexibility index (Phi) is 14.3. The molecule has 8 nitrogen and oxygen atoms in total. The van der Waals surface area contributed by atoms with E-state index in [0.29, 0.717) is 18.5 Å². The number of benzene rings is 2. The van der Waals surface area contributed by atoms with Crippen LogP contribution in [-0.4, -0.2) is 60.7 Å². The molecule has 0 spiro atoms. The molecule has 0 fully saturated rings. The summed E-state index contributed by atoms with van der Waals surface area (Å²) in [5.74, 6) is -1.76. The minimum atomic E-state index is -0.795. The Morgan fingerprint density at radius 3 is 2.28 bits per heavy atom. The van der Waals surface area contributed by atoms with Crippen LogP contribution in [0, 0.1) is 5.92 Å². The van der Waals surface area contributed by atoms with Crippen molar-refractivity contribution in [3.05, 3.63) is 97.1 Å². The van der Waals surface area contributed by atoms with E-state index in [-0.39, 0.29) is 50.8 Å². The van der Waals surface area contributed by atoms with Gasteiger partial charge in [0, 0.05) is 33.0 Å². The lowest BCUT2D eigenvalue weighted by Gasteiger charge is -2.30. The standard InChI is InChI=1S/C31H40N2O6/c1-4-6-18-29(36)39-30(25-16-11-8-12-17-25)27(23-38-3)32-31(37)26(13-5-2)21-28(35)33(19-20-34)22-24-14-9-7-10-15-24/h4-5,7-12,14-17,26-27,30,34H,1-2,6,13,18-23H2,3H3,(H,32,37)/t26-,27+,30+/m1/s1. The third-order valence-corrected chi connectivity index (χ3v) is 6.16. The van der Waals surface area contributed by atoms with Crippen LogP contribution in [0.25, 0.3) is 0 Å². The van der Waals surface area contributed by atoms with Crippen LogP contribution in [0.3, 0.4) is 0 Å². The maximum Gasteiger partial charge on any atom is 0.306 e. The van der Waals surface area contributed by atoms with Crippen molar-refractivity contribution in [2.24, 2.45) is 5.92 Å². The number of hydrogen-bond donors (Lipinski definition) is 2. The summed E-state index contributed by atoms with van der Waals surface area (Å²) in [5.41, 5.74) is 1.63. The molecule has 2 aromatic rings. The van der Waals surface area contributed by atoms with E-state index in [1.807, 2.05) is 60.7 Å². The van der Waals surface area contributed by atoms with Crippen LogP contribution in [0.15, 0.2) is 86.0 Å². The summed E-state index contributed by atoms with van der Waals surface area (Å²) in [7, 11) is 1.50. The van der Waals surface area contributed by atoms with Gasteiger partial charge in [0.15, 0.2) is 0 Å². The first-order chi connectivity index (χ1) is 18.9. The number of esters is 1. The molecule has 0 saturated carbocycles. The molecule has 0 aliphatic heterocycles. The highest BCUT2D eigenvalue weighted by atomic mass is 16.5. The number of carbonyl (C=O) groups is 3. The van der Waals surface area contributed by atoms with Gasteiger partial charge in [-0.05, 0) is 24.0 Å². The lowest BCUT2D eigenvalue weighted by Crippen LogP contribution is -2.47. The zero-order chi connectivity index (χ0) is 28.5. The second-order valence-electron chi connectivity index (χ2n) is 9.17. The quantitative estimate of drug-likeness (QED) is 0.221. The minimum absolute atomic E-state index is 0.0699. The van der Waals surface area contributed by atoms with E-state index in [2.05, 4.69) is 18.5 Å². The molecule has 0 saturated heterocycles. The van der Waals surface area contributed by atoms with Crippen LogP contribution < -0.4 is 5.32 Å². The number of nitrogens with one attached hydrogen (secondary N) is 1. The van der Waals surface area contributed by atoms with Gasteiger partial charge in [-0.1, -0.05) is 72.8 Å². The van der Waals surface area contributed by atoms with E-state index < -0.39 is 24.0 Å². The third kappa shape index (κ3) is 10.9. The Morgan fingerprint density at radius 1 is 1.03 bits per heavy atom. The molecule has 2 N–H and O–H groups in total. The first-order valence-corrected chi connectivity index (χ1v) is 13.1. The van der Waals surface area contributed by atoms with Crippen molar-refractivity contribution >= 4 is 17.8 Å². The van der Waals surface area contributed by atoms with E-state index in [1.165, 1.54) is 7.11 Å². The fourth-order valence-corrected chi connectivity index (χ4v) is 4.17. The number of rotatable bonds is 18. The highest BCUT2D eigenvalue weighted by Gasteiger charge is 2.32. The summed E-state index contributed by atoms with van der Waals surface area (Å²) in [6.45, 7) is 7.77. The van der Waals surface area contributed by atoms with E-state index in [1.54, 1.807) is 17.1 Å². The molecule has 3 atom stereocenters. The van der Waals surface area contributed by atoms with E-state index in [0.717, 1.165) is 5.56 Å². The van der Waals surface area contributed by atoms with Crippen LogP contribution in [0.4, 0.5) is 0 Å². The number of nitrogens with zero attached hydrogens (tertiary/aromatic N) is 1. The third-order valence-electron chi connectivity index (χ3n) is 6.16. The van der Waals surface area contributed by atoms with Gasteiger partial charge in [-0.25, -0.2) is 0 Å². The topological polar surface area (TPSA) is 105 Å². The Bertz CT molecular complexity index is 1040. The molecule has 0 radical (unpaired) electrons. The number of amides is 2. The molecule has 0 aliphatic rings. The number of carbonyl (C=O) groups excluding carboxylic acids is 3. The average Bonchev–Trinajstić information content (AvgIpc) is 2.95. The molecule has 2 aromatic carbocycles. The number of methoxy groups -OCH3 is 1. The zero-order valence-electron chi connectivity index (χ0n) is 22.7. The first kappa shape index (κ1) is 31.5. The van der Waals surface area contributed by atoms with Gasteiger partial charge in [0.25, 0.3) is 0 Å². The summed E-state index contributed by atoms with van der Waals surface area (Å²) < 4.78 is 11.2. The Balaban J connectivity index is 2.22. The smallest absolute Gasteiger partial charge is 0.306 e. The molecule has 0 bridgehead atoms. The van der Waals surface area contributed by atoms with Gasteiger partial charge in [0.2, 0.25) is 11.8 Å². The van der Waals surface area contributed by atoms with Crippen molar-refractivity contribution in [3.63, 3.8) is 0 Å². The van der Waals surface area contributed by atoms with Gasteiger partial charge in [-0.2, -0.15) is 0 Å². The van der Waals surface area contributed by atoms with Crippen molar-refractivity contribution in [3.8, 4) is 0 Å². The van der Waals surface area contributed by atoms with Crippen LogP contribution in [0.2, 0.25) is 0 Å². The summed E-state index contributed by atoms with van der Waals surface area (Å²) in [6, 6.07) is 17.9. The van der Waals surface area contributed by atoms with Gasteiger partial charge < -0.3 is 24.8 Å². The van der Waals surface area contributed by atoms with Crippen molar-refractivity contribution in [2.45, 2.75) is 44.4 Å². The number of aliphatic hydroxyl groups excluding tert-OH is 1. The largest absolute Gasteiger partial charge is 0.455 e. The molecule has 8 heteroatoms. The summed E-state index contributed by atoms with van der Waals surface area (Å²) >= 11 is 0. The van der Waals surface area contributed by atoms with Crippen molar-refractivity contribution in [1.29, 1.82) is 0 Å². The number of allylic oxidation sites excluding steroid dienone is 2. The monoisotopic (exact) mass is 536 g/mol. The van der Waals surface area contributed by atoms with Gasteiger partial charge in [0.1, 0.15) is 6.10 Å². The Morgan fingerprint density at radius 2 is 1.69 bits per heavy atom. The maximum atomic E-state index is 13.5. The number of ether oxygens (including phenoxy) is 2. The fraction of sp³-hybridized carbons (Fsp3) is 0.387. The molecule has 39 heavy (non-hydrogen) atoms. The highest BCUT2D eigenvalue weighted by Crippen LogP contribution is 2.24. The lowest BCUT2D eigenvalue weighted by atomic mass is 9.97. The van der Waals surface area contributed by atoms with Crippen LogP contribution >= 0.6 is 0 Å². The minimum Gasteiger partial charge on any atom is -0.455 e. The van der Waals surface area contributed by atoms with Crippen LogP contribution in [-0.2, 0) is 30.4 Å². The molecule has 0 unspecified atom stereocenters. The Hall–Kier alpha value is -3.75. The molecule has 0 heterocycles. The average molecular weight is 537 g/mol.